The number of fused-ring (bicyclic) bond motifs is 1. The van der Waals surface area contributed by atoms with Gasteiger partial charge in [0.15, 0.2) is 0 Å². The highest BCUT2D eigenvalue weighted by Gasteiger charge is 2.29. The van der Waals surface area contributed by atoms with Crippen LogP contribution in [0.2, 0.25) is 0 Å². The normalized spacial score (nSPS) is 17.2. The van der Waals surface area contributed by atoms with Gasteiger partial charge in [0.2, 0.25) is 11.8 Å². The van der Waals surface area contributed by atoms with Crippen LogP contribution in [0.3, 0.4) is 0 Å². The zero-order chi connectivity index (χ0) is 16.2. The Morgan fingerprint density at radius 3 is 2.87 bits per heavy atom. The fraction of sp³-hybridized carbons (Fsp3) is 0.235. The van der Waals surface area contributed by atoms with Gasteiger partial charge in [-0.15, -0.1) is 0 Å². The van der Waals surface area contributed by atoms with E-state index in [-0.39, 0.29) is 30.0 Å². The number of rotatable bonds is 3. The Morgan fingerprint density at radius 2 is 2.09 bits per heavy atom. The molecule has 1 aromatic carbocycles. The second-order valence-corrected chi connectivity index (χ2v) is 6.33. The van der Waals surface area contributed by atoms with E-state index >= 15 is 0 Å². The number of hydrogen-bond acceptors (Lipinski definition) is 4. The number of hydrogen-bond donors (Lipinski definition) is 1. The third-order valence-corrected chi connectivity index (χ3v) is 4.54. The summed E-state index contributed by atoms with van der Waals surface area (Å²) in [5.74, 6) is 0.180. The molecule has 0 radical (unpaired) electrons. The van der Waals surface area contributed by atoms with Crippen molar-refractivity contribution in [1.29, 1.82) is 0 Å². The maximum atomic E-state index is 12.7. The van der Waals surface area contributed by atoms with Gasteiger partial charge < -0.3 is 10.2 Å². The van der Waals surface area contributed by atoms with E-state index in [1.165, 1.54) is 11.8 Å². The zero-order valence-corrected chi connectivity index (χ0v) is 13.5. The molecule has 0 bridgehead atoms. The van der Waals surface area contributed by atoms with Crippen LogP contribution in [-0.2, 0) is 9.59 Å². The lowest BCUT2D eigenvalue weighted by Crippen LogP contribution is -2.40. The third kappa shape index (κ3) is 3.53. The minimum atomic E-state index is -0.185. The molecule has 0 fully saturated rings. The first-order chi connectivity index (χ1) is 11.1. The summed E-state index contributed by atoms with van der Waals surface area (Å²) in [5, 5.41) is 3.67. The molecule has 0 unspecified atom stereocenters. The monoisotopic (exact) mass is 327 g/mol. The van der Waals surface area contributed by atoms with Crippen LogP contribution in [0, 0.1) is 0 Å². The lowest BCUT2D eigenvalue weighted by atomic mass is 10.2. The molecule has 1 atom stereocenters. The van der Waals surface area contributed by atoms with E-state index < -0.39 is 0 Å². The number of benzene rings is 1. The number of para-hydroxylation sites is 2. The predicted molar refractivity (Wildman–Crippen MR) is 91.6 cm³/mol. The number of carbonyl (C=O) groups is 2. The van der Waals surface area contributed by atoms with Crippen LogP contribution < -0.4 is 10.2 Å². The summed E-state index contributed by atoms with van der Waals surface area (Å²) in [6.07, 6.45) is 1.99. The van der Waals surface area contributed by atoms with Crippen LogP contribution >= 0.6 is 11.8 Å². The van der Waals surface area contributed by atoms with Gasteiger partial charge in [-0.2, -0.15) is 0 Å². The van der Waals surface area contributed by atoms with Gasteiger partial charge in [-0.25, -0.2) is 4.98 Å². The number of amides is 2. The fourth-order valence-electron chi connectivity index (χ4n) is 2.61. The minimum Gasteiger partial charge on any atom is -0.324 e. The Labute approximate surface area is 139 Å². The molecule has 2 heterocycles. The van der Waals surface area contributed by atoms with Crippen LogP contribution in [0.4, 0.5) is 11.4 Å². The highest BCUT2D eigenvalue weighted by molar-refractivity contribution is 7.99. The molecule has 1 aromatic heterocycles. The molecule has 5 nitrogen and oxygen atoms in total. The number of carbonyl (C=O) groups excluding carboxylic acids is 2. The average molecular weight is 327 g/mol. The van der Waals surface area contributed by atoms with E-state index in [9.17, 15) is 9.59 Å². The van der Waals surface area contributed by atoms with Gasteiger partial charge in [0, 0.05) is 18.7 Å². The molecule has 118 valence electrons. The second-order valence-electron chi connectivity index (χ2n) is 5.34. The van der Waals surface area contributed by atoms with Gasteiger partial charge in [0.1, 0.15) is 0 Å². The predicted octanol–water partition coefficient (Wildman–Crippen LogP) is 2.94. The molecule has 0 saturated heterocycles. The van der Waals surface area contributed by atoms with Crippen molar-refractivity contribution in [3.63, 3.8) is 0 Å². The quantitative estimate of drug-likeness (QED) is 0.881. The largest absolute Gasteiger partial charge is 0.324 e. The highest BCUT2D eigenvalue weighted by Crippen LogP contribution is 2.32. The Morgan fingerprint density at radius 1 is 1.30 bits per heavy atom. The van der Waals surface area contributed by atoms with E-state index in [1.807, 2.05) is 49.4 Å². The summed E-state index contributed by atoms with van der Waals surface area (Å²) in [6, 6.07) is 12.8. The average Bonchev–Trinajstić information content (AvgIpc) is 2.68. The first-order valence-corrected chi connectivity index (χ1v) is 8.38. The summed E-state index contributed by atoms with van der Waals surface area (Å²) >= 11 is 1.40. The zero-order valence-electron chi connectivity index (χ0n) is 12.7. The van der Waals surface area contributed by atoms with Gasteiger partial charge in [-0.1, -0.05) is 30.0 Å². The molecule has 0 aliphatic carbocycles. The first kappa shape index (κ1) is 15.6. The molecule has 0 spiro atoms. The minimum absolute atomic E-state index is 0.0305. The summed E-state index contributed by atoms with van der Waals surface area (Å²) in [4.78, 5) is 30.6. The number of anilines is 2. The van der Waals surface area contributed by atoms with Crippen LogP contribution in [0.1, 0.15) is 13.3 Å². The van der Waals surface area contributed by atoms with Gasteiger partial charge in [-0.05, 0) is 31.2 Å². The number of pyridine rings is 1. The van der Waals surface area contributed by atoms with E-state index in [2.05, 4.69) is 10.3 Å². The SMILES string of the molecule is C[C@H]1CC(=O)Nc2ccccc2N1C(=O)CSc1ccccn1. The molecule has 3 rings (SSSR count). The highest BCUT2D eigenvalue weighted by atomic mass is 32.2. The van der Waals surface area contributed by atoms with E-state index in [1.54, 1.807) is 11.1 Å². The molecular weight excluding hydrogens is 310 g/mol. The van der Waals surface area contributed by atoms with Crippen molar-refractivity contribution in [3.05, 3.63) is 48.7 Å². The first-order valence-electron chi connectivity index (χ1n) is 7.40. The number of nitrogens with one attached hydrogen (secondary N) is 1. The standard InChI is InChI=1S/C17H17N3O2S/c1-12-10-15(21)19-13-6-2-3-7-14(13)20(12)17(22)11-23-16-8-4-5-9-18-16/h2-9,12H,10-11H2,1H3,(H,19,21)/t12-/m0/s1. The smallest absolute Gasteiger partial charge is 0.237 e. The van der Waals surface area contributed by atoms with Crippen molar-refractivity contribution < 1.29 is 9.59 Å². The van der Waals surface area contributed by atoms with E-state index in [0.29, 0.717) is 5.69 Å². The number of aromatic nitrogens is 1. The molecule has 0 saturated carbocycles. The molecule has 6 heteroatoms. The van der Waals surface area contributed by atoms with Gasteiger partial charge in [0.05, 0.1) is 22.2 Å². The molecule has 1 aliphatic heterocycles. The van der Waals surface area contributed by atoms with Gasteiger partial charge in [0.25, 0.3) is 0 Å². The summed E-state index contributed by atoms with van der Waals surface area (Å²) < 4.78 is 0. The van der Waals surface area contributed by atoms with Gasteiger partial charge >= 0.3 is 0 Å². The molecule has 2 aromatic rings. The van der Waals surface area contributed by atoms with Crippen molar-refractivity contribution in [1.82, 2.24) is 4.98 Å². The van der Waals surface area contributed by atoms with Crippen molar-refractivity contribution in [2.24, 2.45) is 0 Å². The Bertz CT molecular complexity index is 721. The molecule has 1 N–H and O–H groups in total. The summed E-state index contributed by atoms with van der Waals surface area (Å²) in [6.45, 7) is 1.89. The van der Waals surface area contributed by atoms with Crippen LogP contribution in [0.15, 0.2) is 53.7 Å². The topological polar surface area (TPSA) is 62.3 Å². The van der Waals surface area contributed by atoms with Crippen molar-refractivity contribution in [2.75, 3.05) is 16.0 Å². The maximum Gasteiger partial charge on any atom is 0.237 e. The van der Waals surface area contributed by atoms with Crippen LogP contribution in [0.5, 0.6) is 0 Å². The third-order valence-electron chi connectivity index (χ3n) is 3.61. The Kier molecular flexibility index (Phi) is 4.62. The Hall–Kier alpha value is -2.34. The molecule has 23 heavy (non-hydrogen) atoms. The second kappa shape index (κ2) is 6.83. The van der Waals surface area contributed by atoms with E-state index in [4.69, 9.17) is 0 Å². The van der Waals surface area contributed by atoms with Gasteiger partial charge in [-0.3, -0.25) is 9.59 Å². The lowest BCUT2D eigenvalue weighted by molar-refractivity contribution is -0.117. The van der Waals surface area contributed by atoms with Crippen molar-refractivity contribution in [3.8, 4) is 0 Å². The van der Waals surface area contributed by atoms with Crippen LogP contribution in [-0.4, -0.2) is 28.6 Å². The maximum absolute atomic E-state index is 12.7. The number of nitrogens with zero attached hydrogens (tertiary/aromatic N) is 2. The lowest BCUT2D eigenvalue weighted by Gasteiger charge is -2.27. The number of thioether (sulfide) groups is 1. The van der Waals surface area contributed by atoms with E-state index in [0.717, 1.165) is 10.7 Å². The molecule has 2 amide bonds. The Balaban J connectivity index is 1.82. The fourth-order valence-corrected chi connectivity index (χ4v) is 3.33. The summed E-state index contributed by atoms with van der Waals surface area (Å²) in [7, 11) is 0. The van der Waals surface area contributed by atoms with Crippen LogP contribution in [0.25, 0.3) is 0 Å². The molecule has 1 aliphatic rings. The van der Waals surface area contributed by atoms with Crippen molar-refractivity contribution >= 4 is 35.0 Å². The van der Waals surface area contributed by atoms with Crippen molar-refractivity contribution in [2.45, 2.75) is 24.4 Å². The summed E-state index contributed by atoms with van der Waals surface area (Å²) in [5.41, 5.74) is 1.43. The molecular formula is C17H17N3O2S.